The Kier molecular flexibility index (Phi) is 4.72. The number of aliphatic hydroxyl groups is 1. The topological polar surface area (TPSA) is 90.7 Å². The maximum absolute atomic E-state index is 12.2. The summed E-state index contributed by atoms with van der Waals surface area (Å²) < 4.78 is 0. The predicted molar refractivity (Wildman–Crippen MR) is 74.0 cm³/mol. The number of likely N-dealkylation sites (tertiary alicyclic amines) is 1. The van der Waals surface area contributed by atoms with Crippen molar-refractivity contribution < 1.29 is 19.8 Å². The highest BCUT2D eigenvalue weighted by molar-refractivity contribution is 7.13. The number of nitrogens with zero attached hydrogens (tertiary/aromatic N) is 2. The van der Waals surface area contributed by atoms with Crippen LogP contribution in [-0.4, -0.2) is 51.2 Å². The Bertz CT molecular complexity index is 506. The number of carbonyl (C=O) groups excluding carboxylic acids is 1. The van der Waals surface area contributed by atoms with Gasteiger partial charge in [-0.1, -0.05) is 6.92 Å². The fourth-order valence-corrected chi connectivity index (χ4v) is 3.07. The van der Waals surface area contributed by atoms with Crippen molar-refractivity contribution >= 4 is 23.2 Å². The summed E-state index contributed by atoms with van der Waals surface area (Å²) in [5.41, 5.74) is 0.357. The molecule has 110 valence electrons. The summed E-state index contributed by atoms with van der Waals surface area (Å²) in [6.07, 6.45) is 1.51. The molecule has 1 saturated heterocycles. The summed E-state index contributed by atoms with van der Waals surface area (Å²) in [6.45, 7) is 2.95. The number of aromatic nitrogens is 1. The monoisotopic (exact) mass is 298 g/mol. The Morgan fingerprint density at radius 2 is 2.05 bits per heavy atom. The van der Waals surface area contributed by atoms with Crippen LogP contribution in [0.1, 0.15) is 40.1 Å². The second-order valence-corrected chi connectivity index (χ2v) is 5.91. The van der Waals surface area contributed by atoms with Crippen LogP contribution in [0.2, 0.25) is 0 Å². The van der Waals surface area contributed by atoms with Gasteiger partial charge in [-0.25, -0.2) is 9.78 Å². The lowest BCUT2D eigenvalue weighted by atomic mass is 10.1. The van der Waals surface area contributed by atoms with Gasteiger partial charge in [0.05, 0.1) is 23.2 Å². The molecule has 1 fully saturated rings. The molecular weight excluding hydrogens is 280 g/mol. The number of carboxylic acids is 1. The summed E-state index contributed by atoms with van der Waals surface area (Å²) >= 11 is 1.14. The van der Waals surface area contributed by atoms with Crippen LogP contribution >= 0.6 is 11.3 Å². The third kappa shape index (κ3) is 3.34. The van der Waals surface area contributed by atoms with Gasteiger partial charge in [0.15, 0.2) is 0 Å². The van der Waals surface area contributed by atoms with Crippen LogP contribution in [0.15, 0.2) is 0 Å². The van der Waals surface area contributed by atoms with Crippen LogP contribution in [0.5, 0.6) is 0 Å². The highest BCUT2D eigenvalue weighted by Crippen LogP contribution is 2.21. The van der Waals surface area contributed by atoms with E-state index in [0.717, 1.165) is 16.3 Å². The number of hydrogen-bond acceptors (Lipinski definition) is 5. The summed E-state index contributed by atoms with van der Waals surface area (Å²) in [4.78, 5) is 29.4. The van der Waals surface area contributed by atoms with Gasteiger partial charge < -0.3 is 15.1 Å². The van der Waals surface area contributed by atoms with E-state index < -0.39 is 5.97 Å². The summed E-state index contributed by atoms with van der Waals surface area (Å²) in [7, 11) is 0. The Hall–Kier alpha value is -1.47. The minimum absolute atomic E-state index is 0.0221. The molecule has 0 aliphatic carbocycles. The van der Waals surface area contributed by atoms with Crippen molar-refractivity contribution in [2.24, 2.45) is 0 Å². The number of rotatable bonds is 4. The molecule has 0 spiro atoms. The van der Waals surface area contributed by atoms with Crippen molar-refractivity contribution in [2.45, 2.75) is 38.7 Å². The van der Waals surface area contributed by atoms with Gasteiger partial charge in [-0.3, -0.25) is 4.79 Å². The number of aromatic carboxylic acids is 1. The van der Waals surface area contributed by atoms with Crippen molar-refractivity contribution in [3.05, 3.63) is 15.6 Å². The van der Waals surface area contributed by atoms with Crippen molar-refractivity contribution in [3.63, 3.8) is 0 Å². The summed E-state index contributed by atoms with van der Waals surface area (Å²) in [6, 6.07) is 0. The van der Waals surface area contributed by atoms with Crippen LogP contribution in [0.25, 0.3) is 0 Å². The molecule has 0 saturated carbocycles. The Labute approximate surface area is 121 Å². The normalized spacial score (nSPS) is 16.4. The molecule has 1 aliphatic heterocycles. The lowest BCUT2D eigenvalue weighted by Crippen LogP contribution is -2.41. The molecule has 1 aliphatic rings. The number of amides is 1. The lowest BCUT2D eigenvalue weighted by Gasteiger charge is -2.29. The molecule has 2 rings (SSSR count). The van der Waals surface area contributed by atoms with Crippen molar-refractivity contribution in [2.75, 3.05) is 13.1 Å². The van der Waals surface area contributed by atoms with Gasteiger partial charge in [0.25, 0.3) is 0 Å². The summed E-state index contributed by atoms with van der Waals surface area (Å²) in [5.74, 6) is -1.15. The minimum Gasteiger partial charge on any atom is -0.477 e. The smallest absolute Gasteiger partial charge is 0.347 e. The second-order valence-electron chi connectivity index (χ2n) is 4.83. The fraction of sp³-hybridized carbons (Fsp3) is 0.615. The van der Waals surface area contributed by atoms with Crippen LogP contribution in [-0.2, 0) is 17.6 Å². The zero-order chi connectivity index (χ0) is 14.7. The molecule has 20 heavy (non-hydrogen) atoms. The molecule has 1 aromatic heterocycles. The highest BCUT2D eigenvalue weighted by Gasteiger charge is 2.24. The number of thiazole rings is 1. The molecule has 0 unspecified atom stereocenters. The number of aryl methyl sites for hydroxylation is 1. The van der Waals surface area contributed by atoms with Crippen LogP contribution in [0, 0.1) is 0 Å². The molecule has 6 nitrogen and oxygen atoms in total. The van der Waals surface area contributed by atoms with E-state index in [9.17, 15) is 14.7 Å². The molecule has 2 N–H and O–H groups in total. The number of aliphatic hydroxyl groups excluding tert-OH is 1. The van der Waals surface area contributed by atoms with Crippen LogP contribution < -0.4 is 0 Å². The largest absolute Gasteiger partial charge is 0.477 e. The molecule has 1 amide bonds. The zero-order valence-electron chi connectivity index (χ0n) is 11.3. The molecule has 1 aromatic rings. The standard InChI is InChI=1S/C13H18N2O4S/c1-2-10-14-9(12(20-10)13(18)19)7-11(17)15-5-3-8(16)4-6-15/h8,16H,2-7H2,1H3,(H,18,19). The first-order chi connectivity index (χ1) is 9.51. The molecular formula is C13H18N2O4S. The average Bonchev–Trinajstić information content (AvgIpc) is 2.82. The third-order valence-electron chi connectivity index (χ3n) is 3.37. The van der Waals surface area contributed by atoms with Gasteiger partial charge in [-0.15, -0.1) is 11.3 Å². The predicted octanol–water partition coefficient (Wildman–Crippen LogP) is 0.929. The van der Waals surface area contributed by atoms with E-state index in [-0.39, 0.29) is 23.3 Å². The van der Waals surface area contributed by atoms with Crippen LogP contribution in [0.3, 0.4) is 0 Å². The van der Waals surface area contributed by atoms with E-state index in [2.05, 4.69) is 4.98 Å². The molecule has 0 atom stereocenters. The van der Waals surface area contributed by atoms with E-state index in [1.165, 1.54) is 0 Å². The van der Waals surface area contributed by atoms with E-state index >= 15 is 0 Å². The zero-order valence-corrected chi connectivity index (χ0v) is 12.2. The first-order valence-corrected chi connectivity index (χ1v) is 7.50. The van der Waals surface area contributed by atoms with E-state index in [0.29, 0.717) is 38.0 Å². The maximum Gasteiger partial charge on any atom is 0.347 e. The number of hydrogen-bond donors (Lipinski definition) is 2. The van der Waals surface area contributed by atoms with Crippen molar-refractivity contribution in [3.8, 4) is 0 Å². The molecule has 0 bridgehead atoms. The van der Waals surface area contributed by atoms with E-state index in [1.54, 1.807) is 4.90 Å². The van der Waals surface area contributed by atoms with Gasteiger partial charge in [-0.2, -0.15) is 0 Å². The average molecular weight is 298 g/mol. The number of carbonyl (C=O) groups is 2. The SMILES string of the molecule is CCc1nc(CC(=O)N2CCC(O)CC2)c(C(=O)O)s1. The number of carboxylic acid groups (broad SMARTS) is 1. The van der Waals surface area contributed by atoms with E-state index in [1.807, 2.05) is 6.92 Å². The van der Waals surface area contributed by atoms with Crippen molar-refractivity contribution in [1.82, 2.24) is 9.88 Å². The molecule has 0 radical (unpaired) electrons. The first kappa shape index (κ1) is 14.9. The first-order valence-electron chi connectivity index (χ1n) is 6.69. The maximum atomic E-state index is 12.2. The van der Waals surface area contributed by atoms with Crippen LogP contribution in [0.4, 0.5) is 0 Å². The molecule has 0 aromatic carbocycles. The Balaban J connectivity index is 2.07. The Morgan fingerprint density at radius 3 is 2.60 bits per heavy atom. The second kappa shape index (κ2) is 6.32. The van der Waals surface area contributed by atoms with Gasteiger partial charge in [0, 0.05) is 13.1 Å². The van der Waals surface area contributed by atoms with E-state index in [4.69, 9.17) is 5.11 Å². The van der Waals surface area contributed by atoms with Gasteiger partial charge >= 0.3 is 5.97 Å². The van der Waals surface area contributed by atoms with Gasteiger partial charge in [-0.05, 0) is 19.3 Å². The van der Waals surface area contributed by atoms with Gasteiger partial charge in [0.1, 0.15) is 4.88 Å². The van der Waals surface area contributed by atoms with Crippen molar-refractivity contribution in [1.29, 1.82) is 0 Å². The quantitative estimate of drug-likeness (QED) is 0.863. The molecule has 7 heteroatoms. The summed E-state index contributed by atoms with van der Waals surface area (Å²) in [5, 5.41) is 19.3. The number of piperidine rings is 1. The fourth-order valence-electron chi connectivity index (χ4n) is 2.21. The Morgan fingerprint density at radius 1 is 1.40 bits per heavy atom. The highest BCUT2D eigenvalue weighted by atomic mass is 32.1. The van der Waals surface area contributed by atoms with Gasteiger partial charge in [0.2, 0.25) is 5.91 Å². The molecule has 2 heterocycles. The third-order valence-corrected chi connectivity index (χ3v) is 4.60. The lowest BCUT2D eigenvalue weighted by molar-refractivity contribution is -0.132. The minimum atomic E-state index is -1.03.